The summed E-state index contributed by atoms with van der Waals surface area (Å²) < 4.78 is 13.9. The Morgan fingerprint density at radius 1 is 1.14 bits per heavy atom. The van der Waals surface area contributed by atoms with E-state index >= 15 is 0 Å². The third kappa shape index (κ3) is 2.56. The highest BCUT2D eigenvalue weighted by Crippen LogP contribution is 2.32. The highest BCUT2D eigenvalue weighted by Gasteiger charge is 2.08. The van der Waals surface area contributed by atoms with Gasteiger partial charge in [0.1, 0.15) is 5.82 Å². The highest BCUT2D eigenvalue weighted by molar-refractivity contribution is 9.10. The van der Waals surface area contributed by atoms with Gasteiger partial charge in [0.05, 0.1) is 4.47 Å². The second kappa shape index (κ2) is 5.33. The van der Waals surface area contributed by atoms with Gasteiger partial charge in [0, 0.05) is 40.2 Å². The van der Waals surface area contributed by atoms with E-state index in [0.717, 1.165) is 27.7 Å². The Hall–Kier alpha value is -2.14. The zero-order chi connectivity index (χ0) is 15.0. The fourth-order valence-corrected chi connectivity index (χ4v) is 2.59. The molecule has 0 spiro atoms. The van der Waals surface area contributed by atoms with E-state index in [-0.39, 0.29) is 5.82 Å². The summed E-state index contributed by atoms with van der Waals surface area (Å²) in [6, 6.07) is 8.84. The van der Waals surface area contributed by atoms with Crippen LogP contribution in [-0.4, -0.2) is 4.98 Å². The number of nitrogen functional groups attached to an aromatic ring is 1. The predicted molar refractivity (Wildman–Crippen MR) is 88.3 cm³/mol. The summed E-state index contributed by atoms with van der Waals surface area (Å²) in [6.45, 7) is 1.86. The zero-order valence-corrected chi connectivity index (χ0v) is 12.9. The molecule has 0 aliphatic carbocycles. The molecule has 0 bridgehead atoms. The smallest absolute Gasteiger partial charge is 0.137 e. The van der Waals surface area contributed by atoms with Crippen LogP contribution in [0, 0.1) is 12.7 Å². The molecule has 0 fully saturated rings. The minimum atomic E-state index is -0.276. The molecule has 5 heteroatoms. The molecule has 106 valence electrons. The maximum atomic E-state index is 13.5. The first kappa shape index (κ1) is 13.8. The third-order valence-corrected chi connectivity index (χ3v) is 4.00. The number of anilines is 3. The van der Waals surface area contributed by atoms with Gasteiger partial charge in [0.15, 0.2) is 0 Å². The fourth-order valence-electron chi connectivity index (χ4n) is 2.25. The number of aryl methyl sites for hydroxylation is 1. The Morgan fingerprint density at radius 2 is 1.95 bits per heavy atom. The van der Waals surface area contributed by atoms with Gasteiger partial charge in [0.25, 0.3) is 0 Å². The van der Waals surface area contributed by atoms with E-state index in [1.54, 1.807) is 18.5 Å². The molecule has 0 aliphatic heterocycles. The molecule has 2 aromatic carbocycles. The van der Waals surface area contributed by atoms with Crippen molar-refractivity contribution >= 4 is 43.8 Å². The van der Waals surface area contributed by atoms with E-state index < -0.39 is 0 Å². The van der Waals surface area contributed by atoms with Gasteiger partial charge in [-0.15, -0.1) is 0 Å². The van der Waals surface area contributed by atoms with Crippen molar-refractivity contribution in [3.05, 3.63) is 58.6 Å². The number of rotatable bonds is 2. The van der Waals surface area contributed by atoms with Crippen LogP contribution in [0.1, 0.15) is 5.56 Å². The molecule has 1 aromatic heterocycles. The van der Waals surface area contributed by atoms with Gasteiger partial charge in [-0.1, -0.05) is 0 Å². The molecule has 0 saturated heterocycles. The molecule has 0 aliphatic rings. The van der Waals surface area contributed by atoms with Crippen LogP contribution in [0.2, 0.25) is 0 Å². The number of nitrogens with one attached hydrogen (secondary N) is 1. The first-order valence-electron chi connectivity index (χ1n) is 6.41. The zero-order valence-electron chi connectivity index (χ0n) is 11.3. The molecule has 3 N–H and O–H groups in total. The molecular weight excluding hydrogens is 333 g/mol. The van der Waals surface area contributed by atoms with Gasteiger partial charge in [0.2, 0.25) is 0 Å². The fraction of sp³-hybridized carbons (Fsp3) is 0.0625. The topological polar surface area (TPSA) is 50.9 Å². The van der Waals surface area contributed by atoms with E-state index in [0.29, 0.717) is 10.2 Å². The molecule has 3 aromatic rings. The lowest BCUT2D eigenvalue weighted by Gasteiger charge is -2.13. The summed E-state index contributed by atoms with van der Waals surface area (Å²) in [5.41, 5.74) is 9.22. The minimum Gasteiger partial charge on any atom is -0.398 e. The molecule has 3 rings (SSSR count). The van der Waals surface area contributed by atoms with Gasteiger partial charge in [-0.2, -0.15) is 0 Å². The maximum absolute atomic E-state index is 13.5. The van der Waals surface area contributed by atoms with E-state index in [9.17, 15) is 4.39 Å². The quantitative estimate of drug-likeness (QED) is 0.657. The van der Waals surface area contributed by atoms with Gasteiger partial charge < -0.3 is 11.1 Å². The second-order valence-electron chi connectivity index (χ2n) is 4.83. The number of nitrogens with two attached hydrogens (primary N) is 1. The van der Waals surface area contributed by atoms with Gasteiger partial charge in [-0.25, -0.2) is 4.39 Å². The molecule has 21 heavy (non-hydrogen) atoms. The minimum absolute atomic E-state index is 0.276. The summed E-state index contributed by atoms with van der Waals surface area (Å²) >= 11 is 3.21. The number of fused-ring (bicyclic) bond motifs is 1. The first-order valence-corrected chi connectivity index (χ1v) is 7.20. The Morgan fingerprint density at radius 3 is 2.76 bits per heavy atom. The van der Waals surface area contributed by atoms with E-state index in [1.165, 1.54) is 6.07 Å². The van der Waals surface area contributed by atoms with E-state index in [1.807, 2.05) is 25.1 Å². The average Bonchev–Trinajstić information content (AvgIpc) is 2.48. The molecule has 3 nitrogen and oxygen atoms in total. The van der Waals surface area contributed by atoms with Gasteiger partial charge in [-0.05, 0) is 58.7 Å². The number of benzene rings is 2. The average molecular weight is 346 g/mol. The number of nitrogens with zero attached hydrogens (tertiary/aromatic N) is 1. The molecule has 0 atom stereocenters. The molecule has 1 heterocycles. The summed E-state index contributed by atoms with van der Waals surface area (Å²) in [5.74, 6) is -0.276. The second-order valence-corrected chi connectivity index (χ2v) is 5.68. The largest absolute Gasteiger partial charge is 0.398 e. The predicted octanol–water partition coefficient (Wildman–Crippen LogP) is 4.77. The van der Waals surface area contributed by atoms with Crippen molar-refractivity contribution in [1.82, 2.24) is 4.98 Å². The van der Waals surface area contributed by atoms with Crippen LogP contribution in [0.15, 0.2) is 47.2 Å². The van der Waals surface area contributed by atoms with Crippen molar-refractivity contribution < 1.29 is 4.39 Å². The highest BCUT2D eigenvalue weighted by atomic mass is 79.9. The van der Waals surface area contributed by atoms with E-state index in [2.05, 4.69) is 26.2 Å². The molecule has 0 radical (unpaired) electrons. The van der Waals surface area contributed by atoms with Crippen molar-refractivity contribution in [2.75, 3.05) is 11.1 Å². The van der Waals surface area contributed by atoms with Crippen molar-refractivity contribution in [1.29, 1.82) is 0 Å². The Kier molecular flexibility index (Phi) is 3.51. The number of hydrogen-bond acceptors (Lipinski definition) is 3. The van der Waals surface area contributed by atoms with E-state index in [4.69, 9.17) is 5.73 Å². The summed E-state index contributed by atoms with van der Waals surface area (Å²) in [5, 5.41) is 5.19. The molecule has 0 amide bonds. The number of aromatic nitrogens is 1. The van der Waals surface area contributed by atoms with Gasteiger partial charge >= 0.3 is 0 Å². The van der Waals surface area contributed by atoms with Crippen LogP contribution in [0.25, 0.3) is 10.8 Å². The maximum Gasteiger partial charge on any atom is 0.137 e. The van der Waals surface area contributed by atoms with Crippen LogP contribution in [0.3, 0.4) is 0 Å². The number of pyridine rings is 1. The van der Waals surface area contributed by atoms with Crippen LogP contribution >= 0.6 is 15.9 Å². The van der Waals surface area contributed by atoms with Gasteiger partial charge in [-0.3, -0.25) is 4.98 Å². The van der Waals surface area contributed by atoms with Crippen molar-refractivity contribution in [3.8, 4) is 0 Å². The first-order chi connectivity index (χ1) is 10.1. The molecule has 0 unspecified atom stereocenters. The summed E-state index contributed by atoms with van der Waals surface area (Å²) in [6.07, 6.45) is 3.48. The van der Waals surface area contributed by atoms with Crippen LogP contribution < -0.4 is 11.1 Å². The van der Waals surface area contributed by atoms with Crippen LogP contribution in [0.5, 0.6) is 0 Å². The summed E-state index contributed by atoms with van der Waals surface area (Å²) in [7, 11) is 0. The monoisotopic (exact) mass is 345 g/mol. The number of hydrogen-bond donors (Lipinski definition) is 2. The standard InChI is InChI=1S/C16H13BrFN3/c1-9-6-13(18)12(17)7-16(9)21-15-3-2-14(19)10-4-5-20-8-11(10)15/h2-8,21H,19H2,1H3. The Labute approximate surface area is 130 Å². The number of halogens is 2. The summed E-state index contributed by atoms with van der Waals surface area (Å²) in [4.78, 5) is 4.15. The SMILES string of the molecule is Cc1cc(F)c(Br)cc1Nc1ccc(N)c2ccncc12. The lowest BCUT2D eigenvalue weighted by molar-refractivity contribution is 0.620. The van der Waals surface area contributed by atoms with Crippen LogP contribution in [-0.2, 0) is 0 Å². The Balaban J connectivity index is 2.11. The molecule has 0 saturated carbocycles. The molecular formula is C16H13BrFN3. The third-order valence-electron chi connectivity index (χ3n) is 3.39. The van der Waals surface area contributed by atoms with Crippen molar-refractivity contribution in [2.45, 2.75) is 6.92 Å². The Bertz CT molecular complexity index is 833. The lowest BCUT2D eigenvalue weighted by atomic mass is 10.1. The van der Waals surface area contributed by atoms with Crippen molar-refractivity contribution in [3.63, 3.8) is 0 Å². The lowest BCUT2D eigenvalue weighted by Crippen LogP contribution is -1.97. The van der Waals surface area contributed by atoms with Crippen LogP contribution in [0.4, 0.5) is 21.5 Å². The van der Waals surface area contributed by atoms with Crippen molar-refractivity contribution in [2.24, 2.45) is 0 Å². The normalized spacial score (nSPS) is 10.8.